The number of aliphatic hydroxyl groups is 1. The number of anilines is 1. The van der Waals surface area contributed by atoms with Gasteiger partial charge in [-0.05, 0) is 44.9 Å². The molecule has 1 aromatic rings. The van der Waals surface area contributed by atoms with Crippen LogP contribution in [0.4, 0.5) is 10.1 Å². The Morgan fingerprint density at radius 3 is 2.85 bits per heavy atom. The number of hydrogen-bond donors (Lipinski definition) is 1. The molecule has 2 aliphatic heterocycles. The minimum atomic E-state index is -0.769. The van der Waals surface area contributed by atoms with Crippen LogP contribution in [0.1, 0.15) is 37.9 Å². The zero-order valence-corrected chi connectivity index (χ0v) is 12.1. The summed E-state index contributed by atoms with van der Waals surface area (Å²) in [5.41, 5.74) is 1.31. The van der Waals surface area contributed by atoms with Gasteiger partial charge in [-0.15, -0.1) is 0 Å². The Hall–Kier alpha value is -1.13. The number of hydrogen-bond acceptors (Lipinski definition) is 3. The van der Waals surface area contributed by atoms with E-state index in [0.29, 0.717) is 11.6 Å². The highest BCUT2D eigenvalue weighted by molar-refractivity contribution is 5.55. The largest absolute Gasteiger partial charge is 0.389 e. The molecule has 0 aliphatic carbocycles. The monoisotopic (exact) mass is 278 g/mol. The molecular formula is C16H23FN2O. The third-order valence-electron chi connectivity index (χ3n) is 4.59. The Morgan fingerprint density at radius 2 is 2.05 bits per heavy atom. The SMILES string of the molecule is CC(O)c1c(F)cccc1N1CCCN2CCCC2C1. The molecule has 0 aromatic heterocycles. The molecule has 0 bridgehead atoms. The topological polar surface area (TPSA) is 26.7 Å². The van der Waals surface area contributed by atoms with E-state index in [4.69, 9.17) is 0 Å². The fraction of sp³-hybridized carbons (Fsp3) is 0.625. The normalized spacial score (nSPS) is 25.4. The van der Waals surface area contributed by atoms with Crippen molar-refractivity contribution in [3.63, 3.8) is 0 Å². The van der Waals surface area contributed by atoms with Crippen molar-refractivity contribution in [2.45, 2.75) is 38.3 Å². The van der Waals surface area contributed by atoms with Crippen molar-refractivity contribution in [1.82, 2.24) is 4.90 Å². The minimum absolute atomic E-state index is 0.301. The maximum absolute atomic E-state index is 14.0. The first kappa shape index (κ1) is 13.8. The summed E-state index contributed by atoms with van der Waals surface area (Å²) in [7, 11) is 0. The lowest BCUT2D eigenvalue weighted by Crippen LogP contribution is -2.37. The summed E-state index contributed by atoms with van der Waals surface area (Å²) >= 11 is 0. The van der Waals surface area contributed by atoms with Crippen LogP contribution in [0.5, 0.6) is 0 Å². The Morgan fingerprint density at radius 1 is 1.25 bits per heavy atom. The van der Waals surface area contributed by atoms with Crippen molar-refractivity contribution < 1.29 is 9.50 Å². The summed E-state index contributed by atoms with van der Waals surface area (Å²) in [5, 5.41) is 9.90. The number of halogens is 1. The highest BCUT2D eigenvalue weighted by Gasteiger charge is 2.30. The molecule has 0 spiro atoms. The molecule has 0 amide bonds. The van der Waals surface area contributed by atoms with Gasteiger partial charge >= 0.3 is 0 Å². The van der Waals surface area contributed by atoms with Gasteiger partial charge in [0.25, 0.3) is 0 Å². The van der Waals surface area contributed by atoms with Crippen LogP contribution in [-0.4, -0.2) is 42.2 Å². The van der Waals surface area contributed by atoms with Gasteiger partial charge in [0.1, 0.15) is 5.82 Å². The molecule has 3 rings (SSSR count). The summed E-state index contributed by atoms with van der Waals surface area (Å²) in [4.78, 5) is 4.82. The lowest BCUT2D eigenvalue weighted by molar-refractivity contribution is 0.194. The Balaban J connectivity index is 1.90. The Bertz CT molecular complexity index is 478. The fourth-order valence-electron chi connectivity index (χ4n) is 3.64. The molecule has 2 heterocycles. The zero-order valence-electron chi connectivity index (χ0n) is 12.1. The first-order valence-electron chi connectivity index (χ1n) is 7.62. The molecule has 0 radical (unpaired) electrons. The molecule has 2 aliphatic rings. The molecule has 1 N–H and O–H groups in total. The van der Waals surface area contributed by atoms with Crippen molar-refractivity contribution in [1.29, 1.82) is 0 Å². The summed E-state index contributed by atoms with van der Waals surface area (Å²) in [6.45, 7) is 5.87. The van der Waals surface area contributed by atoms with Crippen LogP contribution in [0.15, 0.2) is 18.2 Å². The van der Waals surface area contributed by atoms with E-state index in [0.717, 1.165) is 31.7 Å². The highest BCUT2D eigenvalue weighted by Crippen LogP contribution is 2.31. The van der Waals surface area contributed by atoms with Gasteiger partial charge in [0.2, 0.25) is 0 Å². The van der Waals surface area contributed by atoms with Gasteiger partial charge in [0.05, 0.1) is 6.10 Å². The van der Waals surface area contributed by atoms with Crippen LogP contribution in [0.3, 0.4) is 0 Å². The van der Waals surface area contributed by atoms with Gasteiger partial charge in [0.15, 0.2) is 0 Å². The van der Waals surface area contributed by atoms with Crippen molar-refractivity contribution in [3.8, 4) is 0 Å². The summed E-state index contributed by atoms with van der Waals surface area (Å²) in [6, 6.07) is 5.71. The van der Waals surface area contributed by atoms with Crippen LogP contribution in [0.25, 0.3) is 0 Å². The molecule has 0 saturated carbocycles. The second-order valence-electron chi connectivity index (χ2n) is 5.98. The van der Waals surface area contributed by atoms with Crippen LogP contribution in [-0.2, 0) is 0 Å². The number of benzene rings is 1. The molecule has 2 atom stereocenters. The molecule has 110 valence electrons. The molecule has 1 aromatic carbocycles. The van der Waals surface area contributed by atoms with E-state index in [-0.39, 0.29) is 5.82 Å². The van der Waals surface area contributed by atoms with Gasteiger partial charge in [-0.1, -0.05) is 6.07 Å². The van der Waals surface area contributed by atoms with Gasteiger partial charge in [-0.3, -0.25) is 4.90 Å². The first-order valence-corrected chi connectivity index (χ1v) is 7.62. The predicted octanol–water partition coefficient (Wildman–Crippen LogP) is 2.55. The lowest BCUT2D eigenvalue weighted by Gasteiger charge is -2.29. The van der Waals surface area contributed by atoms with E-state index in [1.807, 2.05) is 6.07 Å². The lowest BCUT2D eigenvalue weighted by atomic mass is 10.1. The first-order chi connectivity index (χ1) is 9.66. The molecule has 4 heteroatoms. The van der Waals surface area contributed by atoms with E-state index in [1.165, 1.54) is 25.5 Å². The van der Waals surface area contributed by atoms with Crippen LogP contribution >= 0.6 is 0 Å². The summed E-state index contributed by atoms with van der Waals surface area (Å²) < 4.78 is 14.0. The summed E-state index contributed by atoms with van der Waals surface area (Å²) in [6.07, 6.45) is 2.83. The van der Waals surface area contributed by atoms with Gasteiger partial charge in [0, 0.05) is 36.9 Å². The number of nitrogens with zero attached hydrogens (tertiary/aromatic N) is 2. The van der Waals surface area contributed by atoms with E-state index in [1.54, 1.807) is 13.0 Å². The third-order valence-corrected chi connectivity index (χ3v) is 4.59. The zero-order chi connectivity index (χ0) is 14.1. The molecular weight excluding hydrogens is 255 g/mol. The van der Waals surface area contributed by atoms with Crippen molar-refractivity contribution >= 4 is 5.69 Å². The quantitative estimate of drug-likeness (QED) is 0.900. The fourth-order valence-corrected chi connectivity index (χ4v) is 3.64. The molecule has 2 unspecified atom stereocenters. The van der Waals surface area contributed by atoms with Crippen LogP contribution < -0.4 is 4.90 Å². The highest BCUT2D eigenvalue weighted by atomic mass is 19.1. The summed E-state index contributed by atoms with van der Waals surface area (Å²) in [5.74, 6) is -0.301. The van der Waals surface area contributed by atoms with Crippen molar-refractivity contribution in [2.75, 3.05) is 31.1 Å². The standard InChI is InChI=1S/C16H23FN2O/c1-12(20)16-14(17)6-2-7-15(16)19-10-4-9-18-8-3-5-13(18)11-19/h2,6-7,12-13,20H,3-5,8-11H2,1H3. The molecule has 2 saturated heterocycles. The van der Waals surface area contributed by atoms with Crippen LogP contribution in [0.2, 0.25) is 0 Å². The average molecular weight is 278 g/mol. The molecule has 2 fully saturated rings. The third kappa shape index (κ3) is 2.54. The van der Waals surface area contributed by atoms with E-state index >= 15 is 0 Å². The van der Waals surface area contributed by atoms with Gasteiger partial charge in [-0.25, -0.2) is 4.39 Å². The minimum Gasteiger partial charge on any atom is -0.389 e. The van der Waals surface area contributed by atoms with Crippen molar-refractivity contribution in [3.05, 3.63) is 29.6 Å². The second kappa shape index (κ2) is 5.70. The smallest absolute Gasteiger partial charge is 0.131 e. The van der Waals surface area contributed by atoms with E-state index in [2.05, 4.69) is 9.80 Å². The maximum Gasteiger partial charge on any atom is 0.131 e. The average Bonchev–Trinajstić information content (AvgIpc) is 2.75. The van der Waals surface area contributed by atoms with Gasteiger partial charge in [-0.2, -0.15) is 0 Å². The van der Waals surface area contributed by atoms with E-state index in [9.17, 15) is 9.50 Å². The maximum atomic E-state index is 14.0. The number of rotatable bonds is 2. The Kier molecular flexibility index (Phi) is 3.94. The van der Waals surface area contributed by atoms with Crippen LogP contribution in [0, 0.1) is 5.82 Å². The molecule has 3 nitrogen and oxygen atoms in total. The Labute approximate surface area is 120 Å². The second-order valence-corrected chi connectivity index (χ2v) is 5.98. The molecule has 20 heavy (non-hydrogen) atoms. The number of fused-ring (bicyclic) bond motifs is 1. The van der Waals surface area contributed by atoms with Crippen molar-refractivity contribution in [2.24, 2.45) is 0 Å². The van der Waals surface area contributed by atoms with Gasteiger partial charge < -0.3 is 10.0 Å². The predicted molar refractivity (Wildman–Crippen MR) is 78.5 cm³/mol. The number of aliphatic hydroxyl groups excluding tert-OH is 1. The van der Waals surface area contributed by atoms with E-state index < -0.39 is 6.10 Å².